The molecule has 0 saturated heterocycles. The Kier molecular flexibility index (Phi) is 7.78. The quantitative estimate of drug-likeness (QED) is 0.157. The number of benzene rings is 2. The lowest BCUT2D eigenvalue weighted by Crippen LogP contribution is -2.05. The number of allylic oxidation sites excluding steroid dienone is 4. The SMILES string of the molecule is C=C/C=C(F)\C(=C/C)Oc1ccc(-c2noc(=O)[nH]2)c(-c2ccc(Cn3c(CC)nc4c(C)cc(C)nc43)cc2)c1. The molecule has 0 fully saturated rings. The van der Waals surface area contributed by atoms with Crippen LogP contribution in [-0.4, -0.2) is 24.7 Å². The van der Waals surface area contributed by atoms with Crippen molar-refractivity contribution in [3.63, 3.8) is 0 Å². The van der Waals surface area contributed by atoms with Crippen LogP contribution in [0.3, 0.4) is 0 Å². The molecule has 1 N–H and O–H groups in total. The molecule has 0 aliphatic heterocycles. The number of fused-ring (bicyclic) bond motifs is 1. The van der Waals surface area contributed by atoms with E-state index < -0.39 is 11.6 Å². The van der Waals surface area contributed by atoms with Gasteiger partial charge >= 0.3 is 5.76 Å². The van der Waals surface area contributed by atoms with Crippen molar-refractivity contribution in [1.29, 1.82) is 0 Å². The van der Waals surface area contributed by atoms with Gasteiger partial charge in [0.2, 0.25) is 0 Å². The summed E-state index contributed by atoms with van der Waals surface area (Å²) in [6, 6.07) is 15.3. The van der Waals surface area contributed by atoms with Gasteiger partial charge in [-0.2, -0.15) is 0 Å². The van der Waals surface area contributed by atoms with Crippen molar-refractivity contribution in [2.75, 3.05) is 0 Å². The van der Waals surface area contributed by atoms with Crippen LogP contribution in [0.2, 0.25) is 0 Å². The van der Waals surface area contributed by atoms with E-state index in [-0.39, 0.29) is 11.6 Å². The summed E-state index contributed by atoms with van der Waals surface area (Å²) in [7, 11) is 0. The Morgan fingerprint density at radius 1 is 1.12 bits per heavy atom. The van der Waals surface area contributed by atoms with Crippen molar-refractivity contribution in [1.82, 2.24) is 24.7 Å². The fourth-order valence-electron chi connectivity index (χ4n) is 4.79. The Labute approximate surface area is 236 Å². The average Bonchev–Trinajstić information content (AvgIpc) is 3.55. The summed E-state index contributed by atoms with van der Waals surface area (Å²) in [6.07, 6.45) is 4.91. The summed E-state index contributed by atoms with van der Waals surface area (Å²) in [5.74, 6) is 0.522. The summed E-state index contributed by atoms with van der Waals surface area (Å²) >= 11 is 0. The summed E-state index contributed by atoms with van der Waals surface area (Å²) in [6.45, 7) is 12.0. The number of rotatable bonds is 9. The number of nitrogens with zero attached hydrogens (tertiary/aromatic N) is 4. The molecule has 3 aromatic heterocycles. The highest BCUT2D eigenvalue weighted by atomic mass is 19.1. The van der Waals surface area contributed by atoms with Crippen LogP contribution in [0.15, 0.2) is 94.2 Å². The van der Waals surface area contributed by atoms with Crippen molar-refractivity contribution < 1.29 is 13.7 Å². The topological polar surface area (TPSA) is 98.8 Å². The van der Waals surface area contributed by atoms with Gasteiger partial charge in [0, 0.05) is 17.7 Å². The highest BCUT2D eigenvalue weighted by molar-refractivity contribution is 5.82. The second-order valence-electron chi connectivity index (χ2n) is 9.57. The van der Waals surface area contributed by atoms with E-state index in [0.29, 0.717) is 17.9 Å². The number of hydrogen-bond acceptors (Lipinski definition) is 6. The summed E-state index contributed by atoms with van der Waals surface area (Å²) in [4.78, 5) is 23.9. The number of imidazole rings is 1. The third kappa shape index (κ3) is 5.65. The molecule has 208 valence electrons. The predicted molar refractivity (Wildman–Crippen MR) is 157 cm³/mol. The smallest absolute Gasteiger partial charge is 0.439 e. The number of aromatic amines is 1. The number of nitrogens with one attached hydrogen (secondary N) is 1. The fourth-order valence-corrected chi connectivity index (χ4v) is 4.79. The van der Waals surface area contributed by atoms with Gasteiger partial charge in [0.05, 0.1) is 6.54 Å². The molecule has 0 aliphatic carbocycles. The molecule has 0 radical (unpaired) electrons. The van der Waals surface area contributed by atoms with Crippen LogP contribution in [-0.2, 0) is 13.0 Å². The van der Waals surface area contributed by atoms with Crippen molar-refractivity contribution in [2.45, 2.75) is 40.7 Å². The van der Waals surface area contributed by atoms with Crippen LogP contribution in [0.5, 0.6) is 5.75 Å². The zero-order chi connectivity index (χ0) is 29.1. The Morgan fingerprint density at radius 2 is 1.90 bits per heavy atom. The number of H-pyrrole nitrogens is 1. The van der Waals surface area contributed by atoms with E-state index in [1.807, 2.05) is 31.2 Å². The van der Waals surface area contributed by atoms with Crippen molar-refractivity contribution >= 4 is 11.2 Å². The number of pyridine rings is 1. The van der Waals surface area contributed by atoms with Gasteiger partial charge in [-0.1, -0.05) is 49.0 Å². The number of halogens is 1. The third-order valence-electron chi connectivity index (χ3n) is 6.70. The second-order valence-corrected chi connectivity index (χ2v) is 9.57. The van der Waals surface area contributed by atoms with Gasteiger partial charge in [-0.05, 0) is 79.4 Å². The first-order valence-corrected chi connectivity index (χ1v) is 13.3. The van der Waals surface area contributed by atoms with Crippen LogP contribution < -0.4 is 10.5 Å². The van der Waals surface area contributed by atoms with Crippen molar-refractivity contribution in [3.8, 4) is 28.3 Å². The van der Waals surface area contributed by atoms with Gasteiger partial charge in [0.25, 0.3) is 0 Å². The number of ether oxygens (including phenoxy) is 1. The minimum absolute atomic E-state index is 0.0622. The molecule has 0 saturated carbocycles. The third-order valence-corrected chi connectivity index (χ3v) is 6.70. The molecule has 8 nitrogen and oxygen atoms in total. The van der Waals surface area contributed by atoms with Crippen LogP contribution in [0, 0.1) is 13.8 Å². The van der Waals surface area contributed by atoms with Crippen molar-refractivity contribution in [3.05, 3.63) is 118 Å². The van der Waals surface area contributed by atoms with E-state index in [0.717, 1.165) is 51.4 Å². The number of hydrogen-bond donors (Lipinski definition) is 1. The first-order valence-electron chi connectivity index (χ1n) is 13.3. The monoisotopic (exact) mass is 551 g/mol. The maximum Gasteiger partial charge on any atom is 0.439 e. The van der Waals surface area contributed by atoms with Crippen LogP contribution >= 0.6 is 0 Å². The molecular formula is C32H30FN5O3. The normalized spacial score (nSPS) is 12.2. The molecule has 9 heteroatoms. The first kappa shape index (κ1) is 27.5. The summed E-state index contributed by atoms with van der Waals surface area (Å²) < 4.78 is 27.2. The van der Waals surface area contributed by atoms with E-state index in [1.54, 1.807) is 25.1 Å². The van der Waals surface area contributed by atoms with Crippen molar-refractivity contribution in [2.24, 2.45) is 0 Å². The minimum Gasteiger partial charge on any atom is -0.455 e. The molecule has 0 spiro atoms. The molecule has 41 heavy (non-hydrogen) atoms. The highest BCUT2D eigenvalue weighted by Crippen LogP contribution is 2.35. The fraction of sp³-hybridized carbons (Fsp3) is 0.188. The van der Waals surface area contributed by atoms with Gasteiger partial charge in [0.15, 0.2) is 23.1 Å². The lowest BCUT2D eigenvalue weighted by molar-refractivity contribution is 0.388. The Balaban J connectivity index is 1.53. The molecule has 0 amide bonds. The lowest BCUT2D eigenvalue weighted by Gasteiger charge is -2.13. The summed E-state index contributed by atoms with van der Waals surface area (Å²) in [5.41, 5.74) is 7.13. The number of aromatic nitrogens is 5. The zero-order valence-electron chi connectivity index (χ0n) is 23.4. The van der Waals surface area contributed by atoms with Gasteiger partial charge < -0.3 is 9.30 Å². The Bertz CT molecular complexity index is 1860. The van der Waals surface area contributed by atoms with E-state index in [1.165, 1.54) is 18.2 Å². The standard InChI is InChI=1S/C32H30FN5O3/c1-6-9-26(33)27(7-2)40-23-14-15-24(30-36-32(39)41-37-30)25(17-23)22-12-10-21(11-13-22)18-38-28(8-3)35-29-19(4)16-20(5)34-31(29)38/h6-7,9-17H,1,8,18H2,2-5H3,(H,36,37,39)/b26-9+,27-7+. The summed E-state index contributed by atoms with van der Waals surface area (Å²) in [5, 5.41) is 3.87. The molecule has 3 heterocycles. The molecule has 0 unspecified atom stereocenters. The van der Waals surface area contributed by atoms with Crippen LogP contribution in [0.4, 0.5) is 4.39 Å². The van der Waals surface area contributed by atoms with Gasteiger partial charge in [-0.15, -0.1) is 0 Å². The molecule has 0 aliphatic rings. The minimum atomic E-state index is -0.659. The largest absolute Gasteiger partial charge is 0.455 e. The van der Waals surface area contributed by atoms with E-state index in [9.17, 15) is 9.18 Å². The maximum atomic E-state index is 14.4. The molecule has 0 bridgehead atoms. The lowest BCUT2D eigenvalue weighted by atomic mass is 9.97. The predicted octanol–water partition coefficient (Wildman–Crippen LogP) is 6.99. The van der Waals surface area contributed by atoms with Crippen LogP contribution in [0.25, 0.3) is 33.7 Å². The molecule has 5 aromatic rings. The average molecular weight is 552 g/mol. The van der Waals surface area contributed by atoms with Gasteiger partial charge in [-0.3, -0.25) is 9.51 Å². The first-order chi connectivity index (χ1) is 19.8. The molecule has 0 atom stereocenters. The van der Waals surface area contributed by atoms with Gasteiger partial charge in [-0.25, -0.2) is 19.2 Å². The molecule has 5 rings (SSSR count). The highest BCUT2D eigenvalue weighted by Gasteiger charge is 2.17. The maximum absolute atomic E-state index is 14.4. The molecule has 2 aromatic carbocycles. The zero-order valence-corrected chi connectivity index (χ0v) is 23.4. The second kappa shape index (κ2) is 11.6. The van der Waals surface area contributed by atoms with E-state index in [2.05, 4.69) is 41.2 Å². The molecular weight excluding hydrogens is 521 g/mol. The van der Waals surface area contributed by atoms with Crippen LogP contribution in [0.1, 0.15) is 36.5 Å². The Hall–Kier alpha value is -5.05. The van der Waals surface area contributed by atoms with E-state index in [4.69, 9.17) is 19.2 Å². The Morgan fingerprint density at radius 3 is 2.56 bits per heavy atom. The number of aryl methyl sites for hydroxylation is 3. The van der Waals surface area contributed by atoms with E-state index >= 15 is 0 Å². The van der Waals surface area contributed by atoms with Gasteiger partial charge in [0.1, 0.15) is 17.1 Å².